The molecule has 0 aromatic heterocycles. The maximum absolute atomic E-state index is 12.1. The molecule has 1 rings (SSSR count). The van der Waals surface area contributed by atoms with E-state index in [1.807, 2.05) is 0 Å². The van der Waals surface area contributed by atoms with Crippen LogP contribution in [0, 0.1) is 0 Å². The van der Waals surface area contributed by atoms with Crippen molar-refractivity contribution in [1.82, 2.24) is 4.90 Å². The summed E-state index contributed by atoms with van der Waals surface area (Å²) in [5.74, 6) is -0.193. The molecule has 0 unspecified atom stereocenters. The van der Waals surface area contributed by atoms with E-state index in [0.717, 1.165) is 24.6 Å². The minimum Gasteiger partial charge on any atom is -0.435 e. The number of hydrogen-bond acceptors (Lipinski definition) is 2. The molecular formula is C14H18BrF2NO2. The minimum absolute atomic E-state index is 0.00135. The smallest absolute Gasteiger partial charge is 0.387 e. The number of rotatable bonds is 8. The van der Waals surface area contributed by atoms with E-state index in [9.17, 15) is 13.6 Å². The third kappa shape index (κ3) is 5.86. The second kappa shape index (κ2) is 8.89. The summed E-state index contributed by atoms with van der Waals surface area (Å²) < 4.78 is 28.5. The van der Waals surface area contributed by atoms with Crippen LogP contribution in [0.5, 0.6) is 5.75 Å². The topological polar surface area (TPSA) is 29.5 Å². The zero-order valence-electron chi connectivity index (χ0n) is 11.3. The lowest BCUT2D eigenvalue weighted by Crippen LogP contribution is -2.27. The highest BCUT2D eigenvalue weighted by Crippen LogP contribution is 2.17. The molecule has 6 heteroatoms. The lowest BCUT2D eigenvalue weighted by molar-refractivity contribution is -0.0499. The van der Waals surface area contributed by atoms with Crippen LogP contribution < -0.4 is 4.74 Å². The van der Waals surface area contributed by atoms with Crippen molar-refractivity contribution < 1.29 is 18.3 Å². The third-order valence-corrected chi connectivity index (χ3v) is 3.34. The van der Waals surface area contributed by atoms with Gasteiger partial charge in [0.2, 0.25) is 0 Å². The first-order valence-electron chi connectivity index (χ1n) is 6.41. The van der Waals surface area contributed by atoms with Crippen LogP contribution >= 0.6 is 15.9 Å². The molecule has 1 aromatic rings. The molecule has 0 aliphatic carbocycles. The Hall–Kier alpha value is -1.17. The summed E-state index contributed by atoms with van der Waals surface area (Å²) in [6.07, 6.45) is 3.03. The first-order valence-corrected chi connectivity index (χ1v) is 7.53. The quantitative estimate of drug-likeness (QED) is 0.525. The number of ether oxygens (including phenoxy) is 1. The summed E-state index contributed by atoms with van der Waals surface area (Å²) >= 11 is 3.35. The van der Waals surface area contributed by atoms with E-state index in [4.69, 9.17) is 0 Å². The molecule has 0 saturated carbocycles. The van der Waals surface area contributed by atoms with Gasteiger partial charge < -0.3 is 9.64 Å². The monoisotopic (exact) mass is 349 g/mol. The van der Waals surface area contributed by atoms with Crippen LogP contribution in [0.3, 0.4) is 0 Å². The first kappa shape index (κ1) is 16.9. The van der Waals surface area contributed by atoms with Gasteiger partial charge in [-0.1, -0.05) is 28.4 Å². The number of alkyl halides is 3. The molecule has 3 nitrogen and oxygen atoms in total. The van der Waals surface area contributed by atoms with Crippen molar-refractivity contribution >= 4 is 21.8 Å². The van der Waals surface area contributed by atoms with Crippen molar-refractivity contribution in [1.29, 1.82) is 0 Å². The summed E-state index contributed by atoms with van der Waals surface area (Å²) in [6.45, 7) is -2.24. The van der Waals surface area contributed by atoms with Gasteiger partial charge in [0.05, 0.1) is 0 Å². The molecule has 0 radical (unpaired) electrons. The predicted molar refractivity (Wildman–Crippen MR) is 77.7 cm³/mol. The number of benzene rings is 1. The Morgan fingerprint density at radius 1 is 1.35 bits per heavy atom. The standard InChI is InChI=1S/C14H18BrF2NO2/c1-18(9-4-2-3-8-15)13(19)11-6-5-7-12(10-11)20-14(16)17/h5-7,10,14H,2-4,8-9H2,1H3. The van der Waals surface area contributed by atoms with E-state index in [1.54, 1.807) is 18.0 Å². The Morgan fingerprint density at radius 3 is 2.75 bits per heavy atom. The SMILES string of the molecule is CN(CCCCCBr)C(=O)c1cccc(OC(F)F)c1. The van der Waals surface area contributed by atoms with Crippen molar-refractivity contribution in [2.75, 3.05) is 18.9 Å². The maximum Gasteiger partial charge on any atom is 0.387 e. The molecule has 20 heavy (non-hydrogen) atoms. The van der Waals surface area contributed by atoms with Gasteiger partial charge in [-0.15, -0.1) is 0 Å². The van der Waals surface area contributed by atoms with Gasteiger partial charge in [0, 0.05) is 24.5 Å². The second-order valence-electron chi connectivity index (χ2n) is 4.38. The summed E-state index contributed by atoms with van der Waals surface area (Å²) in [5.41, 5.74) is 0.353. The Labute approximate surface area is 126 Å². The maximum atomic E-state index is 12.1. The van der Waals surface area contributed by atoms with Crippen LogP contribution in [-0.4, -0.2) is 36.3 Å². The van der Waals surface area contributed by atoms with Crippen molar-refractivity contribution in [3.8, 4) is 5.75 Å². The second-order valence-corrected chi connectivity index (χ2v) is 5.18. The van der Waals surface area contributed by atoms with Crippen LogP contribution in [0.4, 0.5) is 8.78 Å². The lowest BCUT2D eigenvalue weighted by atomic mass is 10.2. The number of unbranched alkanes of at least 4 members (excludes halogenated alkanes) is 2. The van der Waals surface area contributed by atoms with Crippen molar-refractivity contribution in [3.63, 3.8) is 0 Å². The van der Waals surface area contributed by atoms with E-state index in [-0.39, 0.29) is 11.7 Å². The minimum atomic E-state index is -2.89. The van der Waals surface area contributed by atoms with Gasteiger partial charge in [-0.3, -0.25) is 4.79 Å². The Balaban J connectivity index is 2.57. The van der Waals surface area contributed by atoms with Gasteiger partial charge in [-0.05, 0) is 31.0 Å². The van der Waals surface area contributed by atoms with Gasteiger partial charge >= 0.3 is 6.61 Å². The van der Waals surface area contributed by atoms with Gasteiger partial charge in [-0.2, -0.15) is 8.78 Å². The van der Waals surface area contributed by atoms with E-state index in [0.29, 0.717) is 12.1 Å². The van der Waals surface area contributed by atoms with Crippen molar-refractivity contribution in [2.24, 2.45) is 0 Å². The van der Waals surface area contributed by atoms with E-state index >= 15 is 0 Å². The summed E-state index contributed by atoms with van der Waals surface area (Å²) in [4.78, 5) is 13.7. The van der Waals surface area contributed by atoms with E-state index < -0.39 is 6.61 Å². The zero-order valence-corrected chi connectivity index (χ0v) is 12.9. The van der Waals surface area contributed by atoms with E-state index in [1.165, 1.54) is 18.2 Å². The highest BCUT2D eigenvalue weighted by molar-refractivity contribution is 9.09. The Bertz CT molecular complexity index is 429. The van der Waals surface area contributed by atoms with Crippen LogP contribution in [0.1, 0.15) is 29.6 Å². The highest BCUT2D eigenvalue weighted by atomic mass is 79.9. The average Bonchev–Trinajstić information content (AvgIpc) is 2.42. The van der Waals surface area contributed by atoms with Crippen LogP contribution in [0.25, 0.3) is 0 Å². The molecule has 0 spiro atoms. The van der Waals surface area contributed by atoms with Gasteiger partial charge in [0.1, 0.15) is 5.75 Å². The number of carbonyl (C=O) groups excluding carboxylic acids is 1. The first-order chi connectivity index (χ1) is 9.54. The number of amides is 1. The Kier molecular flexibility index (Phi) is 7.51. The number of carbonyl (C=O) groups is 1. The Morgan fingerprint density at radius 2 is 2.10 bits per heavy atom. The lowest BCUT2D eigenvalue weighted by Gasteiger charge is -2.17. The number of nitrogens with zero attached hydrogens (tertiary/aromatic N) is 1. The molecule has 0 aliphatic rings. The van der Waals surface area contributed by atoms with Crippen LogP contribution in [0.15, 0.2) is 24.3 Å². The van der Waals surface area contributed by atoms with Crippen molar-refractivity contribution in [3.05, 3.63) is 29.8 Å². The average molecular weight is 350 g/mol. The number of hydrogen-bond donors (Lipinski definition) is 0. The van der Waals surface area contributed by atoms with Crippen LogP contribution in [-0.2, 0) is 0 Å². The molecule has 112 valence electrons. The molecule has 0 bridgehead atoms. The van der Waals surface area contributed by atoms with Gasteiger partial charge in [-0.25, -0.2) is 0 Å². The van der Waals surface area contributed by atoms with E-state index in [2.05, 4.69) is 20.7 Å². The molecule has 0 saturated heterocycles. The fourth-order valence-corrected chi connectivity index (χ4v) is 2.14. The molecule has 1 amide bonds. The number of halogens is 3. The fourth-order valence-electron chi connectivity index (χ4n) is 1.75. The molecular weight excluding hydrogens is 332 g/mol. The molecule has 0 atom stereocenters. The highest BCUT2D eigenvalue weighted by Gasteiger charge is 2.13. The van der Waals surface area contributed by atoms with Gasteiger partial charge in [0.25, 0.3) is 5.91 Å². The predicted octanol–water partition coefficient (Wildman–Crippen LogP) is 3.93. The fraction of sp³-hybridized carbons (Fsp3) is 0.500. The summed E-state index contributed by atoms with van der Waals surface area (Å²) in [7, 11) is 1.71. The summed E-state index contributed by atoms with van der Waals surface area (Å²) in [6, 6.07) is 5.86. The largest absolute Gasteiger partial charge is 0.435 e. The third-order valence-electron chi connectivity index (χ3n) is 2.78. The molecule has 0 heterocycles. The zero-order chi connectivity index (χ0) is 15.0. The molecule has 1 aromatic carbocycles. The molecule has 0 aliphatic heterocycles. The van der Waals surface area contributed by atoms with Gasteiger partial charge in [0.15, 0.2) is 0 Å². The molecule has 0 N–H and O–H groups in total. The van der Waals surface area contributed by atoms with Crippen molar-refractivity contribution in [2.45, 2.75) is 25.9 Å². The normalized spacial score (nSPS) is 10.7. The summed E-state index contributed by atoms with van der Waals surface area (Å²) in [5, 5.41) is 0.956. The van der Waals surface area contributed by atoms with Crippen LogP contribution in [0.2, 0.25) is 0 Å². The molecule has 0 fully saturated rings.